The smallest absolute Gasteiger partial charge is 0.257 e. The van der Waals surface area contributed by atoms with Gasteiger partial charge in [-0.1, -0.05) is 18.2 Å². The van der Waals surface area contributed by atoms with Crippen LogP contribution in [0.2, 0.25) is 0 Å². The first-order chi connectivity index (χ1) is 6.02. The van der Waals surface area contributed by atoms with Crippen LogP contribution in [0.15, 0.2) is 18.2 Å². The van der Waals surface area contributed by atoms with Crippen LogP contribution in [-0.2, 0) is 0 Å². The minimum atomic E-state index is -2.50. The molecule has 1 rings (SSSR count). The lowest BCUT2D eigenvalue weighted by Gasteiger charge is -2.12. The fourth-order valence-corrected chi connectivity index (χ4v) is 1.12. The Labute approximate surface area is 88.7 Å². The van der Waals surface area contributed by atoms with Crippen molar-refractivity contribution in [2.24, 2.45) is 5.73 Å². The van der Waals surface area contributed by atoms with E-state index in [-0.39, 0.29) is 12.4 Å². The van der Waals surface area contributed by atoms with E-state index in [1.165, 1.54) is 0 Å². The highest BCUT2D eigenvalue weighted by molar-refractivity contribution is 5.85. The molecule has 0 spiro atoms. The fraction of sp³-hybridized carbons (Fsp3) is 0.400. The quantitative estimate of drug-likeness (QED) is 0.817. The second-order valence-corrected chi connectivity index (χ2v) is 3.20. The fourth-order valence-electron chi connectivity index (χ4n) is 1.12. The van der Waals surface area contributed by atoms with E-state index in [4.69, 9.17) is 5.73 Å². The summed E-state index contributed by atoms with van der Waals surface area (Å²) in [6.45, 7) is 3.82. The molecule has 4 heteroatoms. The second kappa shape index (κ2) is 5.27. The van der Waals surface area contributed by atoms with Gasteiger partial charge in [-0.15, -0.1) is 12.4 Å². The Kier molecular flexibility index (Phi) is 5.02. The number of alkyl halides is 2. The van der Waals surface area contributed by atoms with Gasteiger partial charge in [0.2, 0.25) is 0 Å². The zero-order valence-electron chi connectivity index (χ0n) is 8.13. The highest BCUT2D eigenvalue weighted by atomic mass is 35.5. The van der Waals surface area contributed by atoms with Crippen molar-refractivity contribution in [2.45, 2.75) is 26.3 Å². The van der Waals surface area contributed by atoms with E-state index in [0.29, 0.717) is 5.56 Å². The molecule has 0 saturated carbocycles. The predicted octanol–water partition coefficient (Wildman–Crippen LogP) is 2.99. The summed E-state index contributed by atoms with van der Waals surface area (Å²) >= 11 is 0. The molecule has 80 valence electrons. The average Bonchev–Trinajstić information content (AvgIpc) is 2.08. The van der Waals surface area contributed by atoms with Crippen LogP contribution in [-0.4, -0.2) is 6.43 Å². The molecule has 2 N–H and O–H groups in total. The largest absolute Gasteiger partial charge is 0.319 e. The monoisotopic (exact) mass is 221 g/mol. The van der Waals surface area contributed by atoms with Gasteiger partial charge in [-0.3, -0.25) is 0 Å². The molecule has 1 aromatic carbocycles. The number of nitrogens with two attached hydrogens (primary N) is 1. The third kappa shape index (κ3) is 2.93. The Bertz CT molecular complexity index is 302. The van der Waals surface area contributed by atoms with Gasteiger partial charge in [0.05, 0.1) is 6.04 Å². The molecule has 1 atom stereocenters. The summed E-state index contributed by atoms with van der Waals surface area (Å²) in [6.07, 6.45) is -2.50. The van der Waals surface area contributed by atoms with Gasteiger partial charge in [0.15, 0.2) is 0 Å². The topological polar surface area (TPSA) is 26.0 Å². The summed E-state index contributed by atoms with van der Waals surface area (Å²) in [7, 11) is 0. The van der Waals surface area contributed by atoms with Crippen molar-refractivity contribution in [3.8, 4) is 0 Å². The minimum absolute atomic E-state index is 0. The Balaban J connectivity index is 0.00000169. The number of hydrogen-bond donors (Lipinski definition) is 1. The molecule has 0 saturated heterocycles. The summed E-state index contributed by atoms with van der Waals surface area (Å²) in [5.41, 5.74) is 7.89. The maximum atomic E-state index is 12.2. The highest BCUT2D eigenvalue weighted by Crippen LogP contribution is 2.20. The summed E-state index contributed by atoms with van der Waals surface area (Å²) < 4.78 is 24.4. The lowest BCUT2D eigenvalue weighted by molar-refractivity contribution is 0.116. The molecule has 0 radical (unpaired) electrons. The van der Waals surface area contributed by atoms with Crippen molar-refractivity contribution in [1.82, 2.24) is 0 Å². The van der Waals surface area contributed by atoms with Crippen LogP contribution in [0.5, 0.6) is 0 Å². The van der Waals surface area contributed by atoms with E-state index in [2.05, 4.69) is 0 Å². The van der Waals surface area contributed by atoms with Gasteiger partial charge in [0.25, 0.3) is 6.43 Å². The Morgan fingerprint density at radius 2 is 1.71 bits per heavy atom. The second-order valence-electron chi connectivity index (χ2n) is 3.20. The van der Waals surface area contributed by atoms with Crippen LogP contribution in [0.25, 0.3) is 0 Å². The van der Waals surface area contributed by atoms with E-state index in [1.807, 2.05) is 19.9 Å². The number of hydrogen-bond acceptors (Lipinski definition) is 1. The Hall–Kier alpha value is -0.670. The molecule has 0 aliphatic carbocycles. The number of aryl methyl sites for hydroxylation is 2. The maximum absolute atomic E-state index is 12.2. The third-order valence-corrected chi connectivity index (χ3v) is 2.19. The van der Waals surface area contributed by atoms with Gasteiger partial charge in [-0.25, -0.2) is 8.78 Å². The van der Waals surface area contributed by atoms with E-state index < -0.39 is 12.5 Å². The van der Waals surface area contributed by atoms with Crippen LogP contribution < -0.4 is 5.73 Å². The van der Waals surface area contributed by atoms with Gasteiger partial charge in [-0.2, -0.15) is 0 Å². The molecule has 14 heavy (non-hydrogen) atoms. The maximum Gasteiger partial charge on any atom is 0.257 e. The molecular weight excluding hydrogens is 208 g/mol. The van der Waals surface area contributed by atoms with Crippen LogP contribution in [0.3, 0.4) is 0 Å². The summed E-state index contributed by atoms with van der Waals surface area (Å²) in [4.78, 5) is 0. The Morgan fingerprint density at radius 3 is 2.14 bits per heavy atom. The lowest BCUT2D eigenvalue weighted by Crippen LogP contribution is -2.18. The first-order valence-corrected chi connectivity index (χ1v) is 4.13. The summed E-state index contributed by atoms with van der Waals surface area (Å²) in [5.74, 6) is 0. The van der Waals surface area contributed by atoms with Crippen LogP contribution in [0.4, 0.5) is 8.78 Å². The first kappa shape index (κ1) is 13.3. The lowest BCUT2D eigenvalue weighted by atomic mass is 10.0. The van der Waals surface area contributed by atoms with Gasteiger partial charge in [0, 0.05) is 0 Å². The average molecular weight is 222 g/mol. The third-order valence-electron chi connectivity index (χ3n) is 2.19. The molecule has 0 aliphatic rings. The molecule has 0 unspecified atom stereocenters. The number of rotatable bonds is 2. The highest BCUT2D eigenvalue weighted by Gasteiger charge is 2.17. The van der Waals surface area contributed by atoms with E-state index in [9.17, 15) is 8.78 Å². The summed E-state index contributed by atoms with van der Waals surface area (Å²) in [5, 5.41) is 0. The van der Waals surface area contributed by atoms with E-state index in [1.54, 1.807) is 12.1 Å². The van der Waals surface area contributed by atoms with Crippen molar-refractivity contribution < 1.29 is 8.78 Å². The van der Waals surface area contributed by atoms with Crippen molar-refractivity contribution in [3.63, 3.8) is 0 Å². The van der Waals surface area contributed by atoms with E-state index in [0.717, 1.165) is 11.1 Å². The minimum Gasteiger partial charge on any atom is -0.319 e. The van der Waals surface area contributed by atoms with Gasteiger partial charge >= 0.3 is 0 Å². The molecule has 0 aliphatic heterocycles. The zero-order chi connectivity index (χ0) is 10.0. The van der Waals surface area contributed by atoms with Gasteiger partial charge < -0.3 is 5.73 Å². The molecule has 0 fully saturated rings. The Morgan fingerprint density at radius 1 is 1.14 bits per heavy atom. The van der Waals surface area contributed by atoms with Gasteiger partial charge in [-0.05, 0) is 30.5 Å². The molecule has 0 aromatic heterocycles. The van der Waals surface area contributed by atoms with Crippen molar-refractivity contribution in [1.29, 1.82) is 0 Å². The summed E-state index contributed by atoms with van der Waals surface area (Å²) in [6, 6.07) is 4.01. The molecular formula is C10H14ClF2N. The standard InChI is InChI=1S/C10H13F2N.ClH/c1-6-3-4-8(5-7(6)2)9(13)10(11)12;/h3-5,9-10H,13H2,1-2H3;1H/t9-;/m1./s1. The molecule has 0 heterocycles. The van der Waals surface area contributed by atoms with Crippen LogP contribution in [0, 0.1) is 13.8 Å². The predicted molar refractivity (Wildman–Crippen MR) is 56.1 cm³/mol. The van der Waals surface area contributed by atoms with Crippen molar-refractivity contribution in [2.75, 3.05) is 0 Å². The zero-order valence-corrected chi connectivity index (χ0v) is 8.94. The number of benzene rings is 1. The normalized spacial score (nSPS) is 12.4. The molecule has 0 amide bonds. The number of halogens is 3. The van der Waals surface area contributed by atoms with Crippen LogP contribution in [0.1, 0.15) is 22.7 Å². The van der Waals surface area contributed by atoms with Gasteiger partial charge in [0.1, 0.15) is 0 Å². The molecule has 1 aromatic rings. The van der Waals surface area contributed by atoms with Crippen molar-refractivity contribution >= 4 is 12.4 Å². The van der Waals surface area contributed by atoms with Crippen LogP contribution >= 0.6 is 12.4 Å². The SMILES string of the molecule is Cc1ccc([C@@H](N)C(F)F)cc1C.Cl. The van der Waals surface area contributed by atoms with Crippen molar-refractivity contribution in [3.05, 3.63) is 34.9 Å². The molecule has 0 bridgehead atoms. The first-order valence-electron chi connectivity index (χ1n) is 4.13. The van der Waals surface area contributed by atoms with E-state index >= 15 is 0 Å². The molecule has 1 nitrogen and oxygen atoms in total.